The Hall–Kier alpha value is 0.0569. The Morgan fingerprint density at radius 2 is 1.45 bits per heavy atom. The molecule has 1 aliphatic rings. The third-order valence-electron chi connectivity index (χ3n) is 3.89. The molecule has 0 bridgehead atoms. The van der Waals surface area contributed by atoms with Crippen molar-refractivity contribution in [2.45, 2.75) is 59.3 Å². The van der Waals surface area contributed by atoms with Crippen LogP contribution in [0.25, 0.3) is 0 Å². The van der Waals surface area contributed by atoms with Crippen LogP contribution >= 0.6 is 0 Å². The molecule has 0 unspecified atom stereocenters. The van der Waals surface area contributed by atoms with Crippen molar-refractivity contribution in [2.24, 2.45) is 5.92 Å². The molecule has 0 aliphatic heterocycles. The molecule has 1 aliphatic carbocycles. The van der Waals surface area contributed by atoms with Crippen LogP contribution in [0.3, 0.4) is 0 Å². The summed E-state index contributed by atoms with van der Waals surface area (Å²) in [4.78, 5) is 0. The topological polar surface area (TPSA) is 39.7 Å². The summed E-state index contributed by atoms with van der Waals surface area (Å²) in [5, 5.41) is 3.51. The van der Waals surface area contributed by atoms with Crippen LogP contribution in [0.4, 0.5) is 0 Å². The summed E-state index contributed by atoms with van der Waals surface area (Å²) in [5.74, 6) is 0.915. The Balaban J connectivity index is 2.28. The van der Waals surface area contributed by atoms with Gasteiger partial charge in [-0.15, -0.1) is 0 Å². The maximum absolute atomic E-state index is 5.83. The molecular weight excluding hydrogens is 270 g/mol. The lowest BCUT2D eigenvalue weighted by Crippen LogP contribution is -2.54. The fourth-order valence-corrected chi connectivity index (χ4v) is 5.32. The summed E-state index contributed by atoms with van der Waals surface area (Å²) in [6.07, 6.45) is 9.09. The molecule has 0 radical (unpaired) electrons. The van der Waals surface area contributed by atoms with E-state index in [9.17, 15) is 0 Å². The van der Waals surface area contributed by atoms with Gasteiger partial charge < -0.3 is 18.6 Å². The molecule has 4 nitrogen and oxygen atoms in total. The first-order valence-electron chi connectivity index (χ1n) is 8.39. The highest BCUT2D eigenvalue weighted by Gasteiger charge is 2.40. The summed E-state index contributed by atoms with van der Waals surface area (Å²) in [6, 6.07) is 0. The SMILES string of the molecule is CCO[Si](CNCCC1CCCCC1)(OCC)OCC. The van der Waals surface area contributed by atoms with Crippen molar-refractivity contribution in [2.75, 3.05) is 32.5 Å². The Morgan fingerprint density at radius 3 is 1.95 bits per heavy atom. The standard InChI is InChI=1S/C15H33NO3Si/c1-4-17-20(18-5-2,19-6-3)14-16-13-12-15-10-8-7-9-11-15/h15-16H,4-14H2,1-3H3. The van der Waals surface area contributed by atoms with E-state index < -0.39 is 8.80 Å². The van der Waals surface area contributed by atoms with E-state index in [1.54, 1.807) is 0 Å². The summed E-state index contributed by atoms with van der Waals surface area (Å²) >= 11 is 0. The van der Waals surface area contributed by atoms with Crippen LogP contribution in [0, 0.1) is 5.92 Å². The molecule has 1 saturated carbocycles. The second-order valence-electron chi connectivity index (χ2n) is 5.45. The molecule has 120 valence electrons. The van der Waals surface area contributed by atoms with Gasteiger partial charge in [-0.05, 0) is 39.7 Å². The number of hydrogen-bond acceptors (Lipinski definition) is 4. The summed E-state index contributed by atoms with van der Waals surface area (Å²) in [6.45, 7) is 9.00. The zero-order valence-electron chi connectivity index (χ0n) is 13.6. The van der Waals surface area contributed by atoms with Gasteiger partial charge in [-0.25, -0.2) is 0 Å². The van der Waals surface area contributed by atoms with Gasteiger partial charge in [-0.3, -0.25) is 0 Å². The quantitative estimate of drug-likeness (QED) is 0.470. The van der Waals surface area contributed by atoms with E-state index in [0.29, 0.717) is 19.8 Å². The minimum atomic E-state index is -2.49. The van der Waals surface area contributed by atoms with Crippen molar-refractivity contribution >= 4 is 8.80 Å². The van der Waals surface area contributed by atoms with E-state index in [4.69, 9.17) is 13.3 Å². The molecule has 1 fully saturated rings. The molecular formula is C15H33NO3Si. The molecule has 0 spiro atoms. The van der Waals surface area contributed by atoms with Gasteiger partial charge in [0.1, 0.15) is 0 Å². The van der Waals surface area contributed by atoms with Crippen molar-refractivity contribution in [3.05, 3.63) is 0 Å². The second-order valence-corrected chi connectivity index (χ2v) is 8.04. The average molecular weight is 304 g/mol. The van der Waals surface area contributed by atoms with E-state index in [0.717, 1.165) is 18.6 Å². The lowest BCUT2D eigenvalue weighted by molar-refractivity contribution is 0.0700. The fourth-order valence-electron chi connectivity index (χ4n) is 2.96. The molecule has 0 atom stereocenters. The van der Waals surface area contributed by atoms with E-state index >= 15 is 0 Å². The largest absolute Gasteiger partial charge is 0.515 e. The summed E-state index contributed by atoms with van der Waals surface area (Å²) in [7, 11) is -2.49. The molecule has 0 aromatic carbocycles. The van der Waals surface area contributed by atoms with Crippen LogP contribution < -0.4 is 5.32 Å². The Kier molecular flexibility index (Phi) is 9.72. The minimum absolute atomic E-state index is 0.649. The molecule has 0 amide bonds. The van der Waals surface area contributed by atoms with Gasteiger partial charge in [0.25, 0.3) is 0 Å². The lowest BCUT2D eigenvalue weighted by atomic mass is 9.87. The smallest absolute Gasteiger partial charge is 0.373 e. The second kappa shape index (κ2) is 10.7. The third kappa shape index (κ3) is 6.67. The third-order valence-corrected chi connectivity index (χ3v) is 6.76. The molecule has 0 aromatic rings. The van der Waals surface area contributed by atoms with Crippen molar-refractivity contribution < 1.29 is 13.3 Å². The van der Waals surface area contributed by atoms with Gasteiger partial charge in [0.2, 0.25) is 0 Å². The van der Waals surface area contributed by atoms with Crippen LogP contribution in [0.1, 0.15) is 59.3 Å². The minimum Gasteiger partial charge on any atom is -0.373 e. The first-order chi connectivity index (χ1) is 9.76. The summed E-state index contributed by atoms with van der Waals surface area (Å²) < 4.78 is 17.5. The van der Waals surface area contributed by atoms with Crippen molar-refractivity contribution in [1.29, 1.82) is 0 Å². The highest BCUT2D eigenvalue weighted by Crippen LogP contribution is 2.25. The first-order valence-corrected chi connectivity index (χ1v) is 10.3. The molecule has 5 heteroatoms. The Labute approximate surface area is 125 Å². The highest BCUT2D eigenvalue weighted by atomic mass is 28.4. The zero-order valence-corrected chi connectivity index (χ0v) is 14.6. The molecule has 0 aromatic heterocycles. The van der Waals surface area contributed by atoms with Crippen LogP contribution in [-0.4, -0.2) is 41.3 Å². The highest BCUT2D eigenvalue weighted by molar-refractivity contribution is 6.60. The van der Waals surface area contributed by atoms with Crippen molar-refractivity contribution in [3.63, 3.8) is 0 Å². The normalized spacial score (nSPS) is 17.6. The predicted molar refractivity (Wildman–Crippen MR) is 84.7 cm³/mol. The van der Waals surface area contributed by atoms with Crippen LogP contribution in [0.5, 0.6) is 0 Å². The van der Waals surface area contributed by atoms with Crippen molar-refractivity contribution in [3.8, 4) is 0 Å². The monoisotopic (exact) mass is 303 g/mol. The molecule has 0 heterocycles. The molecule has 1 N–H and O–H groups in total. The van der Waals surface area contributed by atoms with E-state index in [1.165, 1.54) is 38.5 Å². The van der Waals surface area contributed by atoms with Gasteiger partial charge >= 0.3 is 8.80 Å². The van der Waals surface area contributed by atoms with Crippen LogP contribution in [0.15, 0.2) is 0 Å². The molecule has 1 rings (SSSR count). The molecule has 0 saturated heterocycles. The maximum Gasteiger partial charge on any atom is 0.515 e. The predicted octanol–water partition coefficient (Wildman–Crippen LogP) is 3.13. The van der Waals surface area contributed by atoms with Gasteiger partial charge in [-0.2, -0.15) is 0 Å². The van der Waals surface area contributed by atoms with Crippen LogP contribution in [-0.2, 0) is 13.3 Å². The van der Waals surface area contributed by atoms with E-state index in [-0.39, 0.29) is 0 Å². The fraction of sp³-hybridized carbons (Fsp3) is 1.00. The van der Waals surface area contributed by atoms with Gasteiger partial charge in [0.15, 0.2) is 0 Å². The van der Waals surface area contributed by atoms with Crippen molar-refractivity contribution in [1.82, 2.24) is 5.32 Å². The number of nitrogens with one attached hydrogen (secondary N) is 1. The molecule has 20 heavy (non-hydrogen) atoms. The van der Waals surface area contributed by atoms with E-state index in [2.05, 4.69) is 5.32 Å². The Morgan fingerprint density at radius 1 is 0.900 bits per heavy atom. The van der Waals surface area contributed by atoms with E-state index in [1.807, 2.05) is 20.8 Å². The first kappa shape index (κ1) is 18.1. The average Bonchev–Trinajstić information content (AvgIpc) is 2.46. The van der Waals surface area contributed by atoms with Gasteiger partial charge in [-0.1, -0.05) is 32.1 Å². The maximum atomic E-state index is 5.83. The van der Waals surface area contributed by atoms with Gasteiger partial charge in [0, 0.05) is 19.8 Å². The number of hydrogen-bond donors (Lipinski definition) is 1. The summed E-state index contributed by atoms with van der Waals surface area (Å²) in [5.41, 5.74) is 0. The Bertz CT molecular complexity index is 218. The number of rotatable bonds is 11. The zero-order chi connectivity index (χ0) is 14.7. The van der Waals surface area contributed by atoms with Crippen LogP contribution in [0.2, 0.25) is 0 Å². The lowest BCUT2D eigenvalue weighted by Gasteiger charge is -2.29. The van der Waals surface area contributed by atoms with Gasteiger partial charge in [0.05, 0.1) is 6.17 Å².